The normalized spacial score (nSPS) is 16.0. The van der Waals surface area contributed by atoms with Crippen LogP contribution in [-0.2, 0) is 16.6 Å². The molecule has 2 aromatic rings. The van der Waals surface area contributed by atoms with Crippen LogP contribution in [0.1, 0.15) is 25.0 Å². The van der Waals surface area contributed by atoms with Gasteiger partial charge in [-0.3, -0.25) is 4.79 Å². The largest absolute Gasteiger partial charge is 0.349 e. The van der Waals surface area contributed by atoms with Crippen LogP contribution in [0.25, 0.3) is 0 Å². The van der Waals surface area contributed by atoms with Crippen molar-refractivity contribution >= 4 is 15.8 Å². The minimum Gasteiger partial charge on any atom is -0.349 e. The number of aromatic nitrogens is 2. The summed E-state index contributed by atoms with van der Waals surface area (Å²) in [5.74, 6) is 0.749. The molecule has 152 valence electrons. The summed E-state index contributed by atoms with van der Waals surface area (Å²) < 4.78 is 29.1. The molecule has 7 nitrogen and oxygen atoms in total. The smallest absolute Gasteiger partial charge is 0.293 e. The van der Waals surface area contributed by atoms with E-state index in [0.29, 0.717) is 49.4 Å². The zero-order valence-electron chi connectivity index (χ0n) is 16.9. The summed E-state index contributed by atoms with van der Waals surface area (Å²) in [5, 5.41) is 0. The van der Waals surface area contributed by atoms with Crippen molar-refractivity contribution < 1.29 is 8.42 Å². The van der Waals surface area contributed by atoms with Gasteiger partial charge in [-0.15, -0.1) is 0 Å². The van der Waals surface area contributed by atoms with E-state index >= 15 is 0 Å². The molecule has 0 radical (unpaired) electrons. The number of benzene rings is 1. The first-order valence-corrected chi connectivity index (χ1v) is 11.0. The molecule has 1 aliphatic rings. The molecule has 8 heteroatoms. The number of sulfonamides is 1. The van der Waals surface area contributed by atoms with Crippen molar-refractivity contribution in [3.8, 4) is 0 Å². The Bertz CT molecular complexity index is 1010. The van der Waals surface area contributed by atoms with Crippen LogP contribution < -0.4 is 10.5 Å². The van der Waals surface area contributed by atoms with Crippen LogP contribution in [0.15, 0.2) is 40.3 Å². The first kappa shape index (κ1) is 20.5. The predicted octanol–water partition coefficient (Wildman–Crippen LogP) is 2.03. The van der Waals surface area contributed by atoms with Crippen LogP contribution in [0.3, 0.4) is 0 Å². The molecule has 1 aromatic heterocycles. The minimum atomic E-state index is -3.54. The Morgan fingerprint density at radius 3 is 2.36 bits per heavy atom. The molecule has 3 rings (SSSR count). The molecule has 1 fully saturated rings. The molecule has 0 N–H and O–H groups in total. The molecule has 2 heterocycles. The van der Waals surface area contributed by atoms with Gasteiger partial charge in [0.25, 0.3) is 5.56 Å². The molecule has 1 saturated heterocycles. The van der Waals surface area contributed by atoms with Gasteiger partial charge in [-0.05, 0) is 43.0 Å². The van der Waals surface area contributed by atoms with Crippen LogP contribution in [0.4, 0.5) is 5.82 Å². The van der Waals surface area contributed by atoms with Gasteiger partial charge in [-0.25, -0.2) is 13.4 Å². The maximum absolute atomic E-state index is 13.0. The number of aryl methyl sites for hydroxylation is 2. The summed E-state index contributed by atoms with van der Waals surface area (Å²) in [7, 11) is -3.54. The van der Waals surface area contributed by atoms with E-state index in [1.807, 2.05) is 24.8 Å². The molecule has 0 unspecified atom stereocenters. The third-order valence-corrected chi connectivity index (χ3v) is 7.01. The van der Waals surface area contributed by atoms with E-state index in [2.05, 4.69) is 18.8 Å². The highest BCUT2D eigenvalue weighted by Gasteiger charge is 2.30. The lowest BCUT2D eigenvalue weighted by Crippen LogP contribution is -2.50. The van der Waals surface area contributed by atoms with E-state index in [4.69, 9.17) is 0 Å². The Morgan fingerprint density at radius 1 is 1.07 bits per heavy atom. The summed E-state index contributed by atoms with van der Waals surface area (Å²) in [6.45, 7) is 10.2. The lowest BCUT2D eigenvalue weighted by Gasteiger charge is -2.34. The third kappa shape index (κ3) is 4.12. The fourth-order valence-electron chi connectivity index (χ4n) is 3.35. The van der Waals surface area contributed by atoms with Crippen molar-refractivity contribution in [1.29, 1.82) is 0 Å². The van der Waals surface area contributed by atoms with Gasteiger partial charge in [-0.2, -0.15) is 4.31 Å². The highest BCUT2D eigenvalue weighted by atomic mass is 32.2. The number of piperazine rings is 1. The molecule has 1 aromatic carbocycles. The Morgan fingerprint density at radius 2 is 1.75 bits per heavy atom. The fourth-order valence-corrected chi connectivity index (χ4v) is 4.86. The van der Waals surface area contributed by atoms with Crippen molar-refractivity contribution in [3.05, 3.63) is 52.1 Å². The molecule has 0 aliphatic carbocycles. The fraction of sp³-hybridized carbons (Fsp3) is 0.500. The van der Waals surface area contributed by atoms with Crippen LogP contribution in [0.5, 0.6) is 0 Å². The van der Waals surface area contributed by atoms with E-state index in [1.54, 1.807) is 29.1 Å². The van der Waals surface area contributed by atoms with Gasteiger partial charge in [0.2, 0.25) is 10.0 Å². The van der Waals surface area contributed by atoms with Gasteiger partial charge in [0.15, 0.2) is 5.82 Å². The second-order valence-electron chi connectivity index (χ2n) is 7.74. The number of hydrogen-bond acceptors (Lipinski definition) is 5. The molecular formula is C20H28N4O3S. The standard InChI is InChI=1S/C20H28N4O3S/c1-15(2)14-23-8-7-21-19(20(23)25)22-9-11-24(12-10-22)28(26,27)18-6-5-16(3)17(4)13-18/h5-8,13,15H,9-12,14H2,1-4H3. The maximum atomic E-state index is 13.0. The van der Waals surface area contributed by atoms with Crippen LogP contribution in [0, 0.1) is 19.8 Å². The number of hydrogen-bond donors (Lipinski definition) is 0. The van der Waals surface area contributed by atoms with Crippen molar-refractivity contribution in [1.82, 2.24) is 13.9 Å². The second-order valence-corrected chi connectivity index (χ2v) is 9.68. The highest BCUT2D eigenvalue weighted by Crippen LogP contribution is 2.21. The maximum Gasteiger partial charge on any atom is 0.293 e. The molecule has 0 bridgehead atoms. The average Bonchev–Trinajstić information content (AvgIpc) is 2.65. The Labute approximate surface area is 166 Å². The van der Waals surface area contributed by atoms with Gasteiger partial charge < -0.3 is 9.47 Å². The van der Waals surface area contributed by atoms with Crippen molar-refractivity contribution in [2.24, 2.45) is 5.92 Å². The molecule has 0 saturated carbocycles. The Hall–Kier alpha value is -2.19. The highest BCUT2D eigenvalue weighted by molar-refractivity contribution is 7.89. The quantitative estimate of drug-likeness (QED) is 0.762. The molecule has 28 heavy (non-hydrogen) atoms. The Balaban J connectivity index is 1.76. The monoisotopic (exact) mass is 404 g/mol. The summed E-state index contributed by atoms with van der Waals surface area (Å²) in [4.78, 5) is 19.2. The molecule has 0 amide bonds. The lowest BCUT2D eigenvalue weighted by molar-refractivity contribution is 0.382. The van der Waals surface area contributed by atoms with E-state index in [9.17, 15) is 13.2 Å². The first-order chi connectivity index (χ1) is 13.2. The van der Waals surface area contributed by atoms with Gasteiger partial charge in [-0.1, -0.05) is 19.9 Å². The lowest BCUT2D eigenvalue weighted by atomic mass is 10.1. The summed E-state index contributed by atoms with van der Waals surface area (Å²) in [6, 6.07) is 5.22. The average molecular weight is 405 g/mol. The molecular weight excluding hydrogens is 376 g/mol. The topological polar surface area (TPSA) is 75.5 Å². The van der Waals surface area contributed by atoms with Crippen molar-refractivity contribution in [2.45, 2.75) is 39.1 Å². The zero-order valence-corrected chi connectivity index (χ0v) is 17.7. The van der Waals surface area contributed by atoms with E-state index < -0.39 is 10.0 Å². The van der Waals surface area contributed by atoms with Crippen LogP contribution in [0.2, 0.25) is 0 Å². The molecule has 0 atom stereocenters. The van der Waals surface area contributed by atoms with E-state index in [1.165, 1.54) is 4.31 Å². The summed E-state index contributed by atoms with van der Waals surface area (Å²) in [6.07, 6.45) is 3.34. The van der Waals surface area contributed by atoms with Gasteiger partial charge >= 0.3 is 0 Å². The van der Waals surface area contributed by atoms with Gasteiger partial charge in [0, 0.05) is 45.1 Å². The van der Waals surface area contributed by atoms with Crippen LogP contribution >= 0.6 is 0 Å². The number of nitrogens with zero attached hydrogens (tertiary/aromatic N) is 4. The van der Waals surface area contributed by atoms with E-state index in [0.717, 1.165) is 11.1 Å². The summed E-state index contributed by atoms with van der Waals surface area (Å²) >= 11 is 0. The van der Waals surface area contributed by atoms with E-state index in [-0.39, 0.29) is 5.56 Å². The SMILES string of the molecule is Cc1ccc(S(=O)(=O)N2CCN(c3nccn(CC(C)C)c3=O)CC2)cc1C. The third-order valence-electron chi connectivity index (χ3n) is 5.11. The van der Waals surface area contributed by atoms with Gasteiger partial charge in [0.1, 0.15) is 0 Å². The zero-order chi connectivity index (χ0) is 20.5. The van der Waals surface area contributed by atoms with Crippen molar-refractivity contribution in [3.63, 3.8) is 0 Å². The predicted molar refractivity (Wildman–Crippen MR) is 110 cm³/mol. The minimum absolute atomic E-state index is 0.123. The number of rotatable bonds is 5. The Kier molecular flexibility index (Phi) is 5.90. The van der Waals surface area contributed by atoms with Crippen molar-refractivity contribution in [2.75, 3.05) is 31.1 Å². The molecule has 1 aliphatic heterocycles. The first-order valence-electron chi connectivity index (χ1n) is 9.58. The second kappa shape index (κ2) is 8.05. The van der Waals surface area contributed by atoms with Crippen LogP contribution in [-0.4, -0.2) is 48.5 Å². The molecule has 0 spiro atoms. The number of anilines is 1. The summed E-state index contributed by atoms with van der Waals surface area (Å²) in [5.41, 5.74) is 1.90. The van der Waals surface area contributed by atoms with Gasteiger partial charge in [0.05, 0.1) is 4.90 Å².